The standard InChI is InChI=1S/C13H23N/c1-12(2)9-6-7-13(3,8-9)11(12)14-10-4-5-10/h9-11,14H,4-8H2,1-3H3/t9-,11?,13+/m0/s1. The fourth-order valence-electron chi connectivity index (χ4n) is 4.20. The van der Waals surface area contributed by atoms with Gasteiger partial charge >= 0.3 is 0 Å². The summed E-state index contributed by atoms with van der Waals surface area (Å²) in [5.74, 6) is 0.990. The van der Waals surface area contributed by atoms with E-state index in [9.17, 15) is 0 Å². The molecule has 3 fully saturated rings. The molecule has 0 aromatic rings. The molecule has 3 saturated carbocycles. The summed E-state index contributed by atoms with van der Waals surface area (Å²) >= 11 is 0. The normalized spacial score (nSPS) is 49.9. The van der Waals surface area contributed by atoms with Gasteiger partial charge in [0.2, 0.25) is 0 Å². The van der Waals surface area contributed by atoms with Gasteiger partial charge in [0.25, 0.3) is 0 Å². The number of fused-ring (bicyclic) bond motifs is 2. The van der Waals surface area contributed by atoms with Crippen molar-refractivity contribution in [2.75, 3.05) is 0 Å². The fraction of sp³-hybridized carbons (Fsp3) is 1.00. The lowest BCUT2D eigenvalue weighted by Crippen LogP contribution is -2.51. The Kier molecular flexibility index (Phi) is 1.68. The van der Waals surface area contributed by atoms with Crippen LogP contribution in [0.5, 0.6) is 0 Å². The van der Waals surface area contributed by atoms with E-state index in [1.807, 2.05) is 0 Å². The van der Waals surface area contributed by atoms with E-state index >= 15 is 0 Å². The van der Waals surface area contributed by atoms with Crippen LogP contribution in [0.25, 0.3) is 0 Å². The molecule has 0 aromatic carbocycles. The molecular formula is C13H23N. The van der Waals surface area contributed by atoms with E-state index in [2.05, 4.69) is 26.1 Å². The maximum Gasteiger partial charge on any atom is 0.0177 e. The van der Waals surface area contributed by atoms with Gasteiger partial charge < -0.3 is 5.32 Å². The zero-order chi connectivity index (χ0) is 9.97. The SMILES string of the molecule is CC1(C)C(NC2CC2)[C@]2(C)CC[C@H]1C2. The molecule has 1 unspecified atom stereocenters. The molecule has 3 aliphatic rings. The van der Waals surface area contributed by atoms with Gasteiger partial charge in [0.1, 0.15) is 0 Å². The zero-order valence-electron chi connectivity index (χ0n) is 9.77. The maximum atomic E-state index is 3.92. The first-order valence-corrected chi connectivity index (χ1v) is 6.28. The van der Waals surface area contributed by atoms with E-state index in [0.29, 0.717) is 10.8 Å². The zero-order valence-corrected chi connectivity index (χ0v) is 9.77. The summed E-state index contributed by atoms with van der Waals surface area (Å²) in [5.41, 5.74) is 1.17. The van der Waals surface area contributed by atoms with E-state index in [4.69, 9.17) is 0 Å². The lowest BCUT2D eigenvalue weighted by molar-refractivity contribution is 0.108. The second kappa shape index (κ2) is 2.55. The van der Waals surface area contributed by atoms with Crippen LogP contribution >= 0.6 is 0 Å². The maximum absolute atomic E-state index is 3.92. The first-order chi connectivity index (χ1) is 6.52. The molecule has 3 rings (SSSR count). The fourth-order valence-corrected chi connectivity index (χ4v) is 4.20. The molecule has 0 aromatic heterocycles. The molecule has 14 heavy (non-hydrogen) atoms. The van der Waals surface area contributed by atoms with Crippen molar-refractivity contribution in [3.63, 3.8) is 0 Å². The highest BCUT2D eigenvalue weighted by atomic mass is 15.0. The Morgan fingerprint density at radius 2 is 1.79 bits per heavy atom. The minimum absolute atomic E-state index is 0.551. The van der Waals surface area contributed by atoms with E-state index in [-0.39, 0.29) is 0 Å². The third-order valence-corrected chi connectivity index (χ3v) is 5.25. The van der Waals surface area contributed by atoms with E-state index in [1.54, 1.807) is 0 Å². The van der Waals surface area contributed by atoms with Gasteiger partial charge in [-0.3, -0.25) is 0 Å². The summed E-state index contributed by atoms with van der Waals surface area (Å²) in [6, 6.07) is 1.66. The van der Waals surface area contributed by atoms with Crippen molar-refractivity contribution in [3.05, 3.63) is 0 Å². The van der Waals surface area contributed by atoms with Crippen molar-refractivity contribution < 1.29 is 0 Å². The largest absolute Gasteiger partial charge is 0.310 e. The van der Waals surface area contributed by atoms with E-state index < -0.39 is 0 Å². The Morgan fingerprint density at radius 1 is 1.07 bits per heavy atom. The summed E-state index contributed by atoms with van der Waals surface area (Å²) < 4.78 is 0. The van der Waals surface area contributed by atoms with Gasteiger partial charge in [-0.15, -0.1) is 0 Å². The Balaban J connectivity index is 1.85. The van der Waals surface area contributed by atoms with Crippen LogP contribution in [0.4, 0.5) is 0 Å². The van der Waals surface area contributed by atoms with E-state index in [0.717, 1.165) is 18.0 Å². The molecule has 1 nitrogen and oxygen atoms in total. The van der Waals surface area contributed by atoms with Gasteiger partial charge in [-0.05, 0) is 48.9 Å². The van der Waals surface area contributed by atoms with Gasteiger partial charge in [0.15, 0.2) is 0 Å². The number of hydrogen-bond donors (Lipinski definition) is 1. The summed E-state index contributed by atoms with van der Waals surface area (Å²) in [5, 5.41) is 3.92. The number of rotatable bonds is 2. The van der Waals surface area contributed by atoms with Crippen LogP contribution in [0.3, 0.4) is 0 Å². The highest BCUT2D eigenvalue weighted by Crippen LogP contribution is 2.62. The Bertz CT molecular complexity index is 249. The van der Waals surface area contributed by atoms with Crippen molar-refractivity contribution in [3.8, 4) is 0 Å². The summed E-state index contributed by atoms with van der Waals surface area (Å²) in [6.45, 7) is 7.49. The van der Waals surface area contributed by atoms with Crippen LogP contribution in [-0.2, 0) is 0 Å². The average Bonchev–Trinajstić information content (AvgIpc) is 2.79. The van der Waals surface area contributed by atoms with Crippen LogP contribution in [0.15, 0.2) is 0 Å². The monoisotopic (exact) mass is 193 g/mol. The van der Waals surface area contributed by atoms with Crippen LogP contribution < -0.4 is 5.32 Å². The van der Waals surface area contributed by atoms with Gasteiger partial charge in [0.05, 0.1) is 0 Å². The quantitative estimate of drug-likeness (QED) is 0.711. The van der Waals surface area contributed by atoms with Crippen LogP contribution in [0.1, 0.15) is 52.9 Å². The molecule has 0 spiro atoms. The molecule has 1 heteroatoms. The van der Waals surface area contributed by atoms with Crippen LogP contribution in [-0.4, -0.2) is 12.1 Å². The molecule has 0 heterocycles. The van der Waals surface area contributed by atoms with E-state index in [1.165, 1.54) is 32.1 Å². The third-order valence-electron chi connectivity index (χ3n) is 5.25. The van der Waals surface area contributed by atoms with Crippen molar-refractivity contribution in [1.29, 1.82) is 0 Å². The number of hydrogen-bond acceptors (Lipinski definition) is 1. The van der Waals surface area contributed by atoms with Gasteiger partial charge in [-0.2, -0.15) is 0 Å². The summed E-state index contributed by atoms with van der Waals surface area (Å²) in [6.07, 6.45) is 7.27. The lowest BCUT2D eigenvalue weighted by atomic mass is 9.68. The second-order valence-electron chi connectivity index (χ2n) is 6.79. The molecule has 0 saturated heterocycles. The average molecular weight is 193 g/mol. The minimum Gasteiger partial charge on any atom is -0.310 e. The Hall–Kier alpha value is -0.0400. The molecular weight excluding hydrogens is 170 g/mol. The Labute approximate surface area is 87.7 Å². The predicted octanol–water partition coefficient (Wildman–Crippen LogP) is 2.95. The lowest BCUT2D eigenvalue weighted by Gasteiger charge is -2.43. The molecule has 0 radical (unpaired) electrons. The van der Waals surface area contributed by atoms with Crippen LogP contribution in [0.2, 0.25) is 0 Å². The minimum atomic E-state index is 0.551. The first-order valence-electron chi connectivity index (χ1n) is 6.28. The summed E-state index contributed by atoms with van der Waals surface area (Å²) in [7, 11) is 0. The molecule has 0 aliphatic heterocycles. The topological polar surface area (TPSA) is 12.0 Å². The number of nitrogens with one attached hydrogen (secondary N) is 1. The smallest absolute Gasteiger partial charge is 0.0177 e. The molecule has 1 N–H and O–H groups in total. The molecule has 3 aliphatic carbocycles. The third kappa shape index (κ3) is 1.11. The molecule has 80 valence electrons. The molecule has 0 amide bonds. The van der Waals surface area contributed by atoms with Gasteiger partial charge in [-0.25, -0.2) is 0 Å². The highest BCUT2D eigenvalue weighted by molar-refractivity contribution is 5.13. The van der Waals surface area contributed by atoms with Gasteiger partial charge in [0, 0.05) is 12.1 Å². The van der Waals surface area contributed by atoms with Crippen molar-refractivity contribution in [2.24, 2.45) is 16.7 Å². The van der Waals surface area contributed by atoms with Crippen LogP contribution in [0, 0.1) is 16.7 Å². The highest BCUT2D eigenvalue weighted by Gasteiger charge is 2.59. The second-order valence-corrected chi connectivity index (χ2v) is 6.79. The van der Waals surface area contributed by atoms with Gasteiger partial charge in [-0.1, -0.05) is 20.8 Å². The predicted molar refractivity (Wildman–Crippen MR) is 59.2 cm³/mol. The Morgan fingerprint density at radius 3 is 2.29 bits per heavy atom. The van der Waals surface area contributed by atoms with Crippen molar-refractivity contribution >= 4 is 0 Å². The molecule has 2 bridgehead atoms. The van der Waals surface area contributed by atoms with Crippen molar-refractivity contribution in [2.45, 2.75) is 65.0 Å². The first kappa shape index (κ1) is 9.21. The summed E-state index contributed by atoms with van der Waals surface area (Å²) in [4.78, 5) is 0. The molecule has 3 atom stereocenters. The van der Waals surface area contributed by atoms with Crippen molar-refractivity contribution in [1.82, 2.24) is 5.32 Å².